The van der Waals surface area contributed by atoms with Crippen molar-refractivity contribution in [3.05, 3.63) is 0 Å². The topological polar surface area (TPSA) is 49.8 Å². The Kier molecular flexibility index (Phi) is 4.62. The molecule has 0 aromatic carbocycles. The van der Waals surface area contributed by atoms with Crippen LogP contribution in [-0.4, -0.2) is 48.8 Å². The van der Waals surface area contributed by atoms with Crippen LogP contribution in [0.25, 0.3) is 0 Å². The van der Waals surface area contributed by atoms with E-state index >= 15 is 0 Å². The minimum Gasteiger partial charge on any atom is -0.479 e. The van der Waals surface area contributed by atoms with E-state index in [1.54, 1.807) is 0 Å². The van der Waals surface area contributed by atoms with Crippen LogP contribution < -0.4 is 0 Å². The van der Waals surface area contributed by atoms with Crippen molar-refractivity contribution >= 4 is 5.97 Å². The molecule has 4 atom stereocenters. The van der Waals surface area contributed by atoms with E-state index in [2.05, 4.69) is 4.90 Å². The number of nitrogens with zero attached hydrogens (tertiary/aromatic N) is 1. The Morgan fingerprint density at radius 2 is 2.22 bits per heavy atom. The molecule has 2 fully saturated rings. The van der Waals surface area contributed by atoms with E-state index in [1.807, 2.05) is 14.0 Å². The van der Waals surface area contributed by atoms with E-state index in [1.165, 1.54) is 25.7 Å². The van der Waals surface area contributed by atoms with Gasteiger partial charge >= 0.3 is 5.97 Å². The molecule has 0 amide bonds. The molecule has 104 valence electrons. The van der Waals surface area contributed by atoms with Gasteiger partial charge in [-0.15, -0.1) is 0 Å². The van der Waals surface area contributed by atoms with Crippen LogP contribution in [0, 0.1) is 17.8 Å². The Morgan fingerprint density at radius 3 is 2.72 bits per heavy atom. The molecule has 4 unspecified atom stereocenters. The number of carboxylic acid groups (broad SMARTS) is 1. The van der Waals surface area contributed by atoms with Gasteiger partial charge in [-0.1, -0.05) is 6.42 Å². The van der Waals surface area contributed by atoms with Crippen LogP contribution in [0.4, 0.5) is 0 Å². The molecule has 4 heteroatoms. The molecule has 18 heavy (non-hydrogen) atoms. The van der Waals surface area contributed by atoms with Crippen LogP contribution in [0.5, 0.6) is 0 Å². The van der Waals surface area contributed by atoms with E-state index in [0.29, 0.717) is 13.2 Å². The summed E-state index contributed by atoms with van der Waals surface area (Å²) >= 11 is 0. The number of carbonyl (C=O) groups is 1. The molecule has 4 nitrogen and oxygen atoms in total. The van der Waals surface area contributed by atoms with Gasteiger partial charge in [-0.05, 0) is 51.0 Å². The van der Waals surface area contributed by atoms with Crippen molar-refractivity contribution in [2.75, 3.05) is 26.7 Å². The summed E-state index contributed by atoms with van der Waals surface area (Å²) in [6, 6.07) is 0. The Labute approximate surface area is 109 Å². The first-order chi connectivity index (χ1) is 8.60. The first kappa shape index (κ1) is 13.8. The molecule has 2 saturated carbocycles. The molecular formula is C14H25NO3. The lowest BCUT2D eigenvalue weighted by molar-refractivity contribution is -0.151. The van der Waals surface area contributed by atoms with Gasteiger partial charge in [0.05, 0.1) is 0 Å². The highest BCUT2D eigenvalue weighted by Gasteiger charge is 2.39. The first-order valence-corrected chi connectivity index (χ1v) is 7.13. The molecular weight excluding hydrogens is 230 g/mol. The van der Waals surface area contributed by atoms with E-state index < -0.39 is 12.1 Å². The maximum atomic E-state index is 11.0. The molecule has 0 spiro atoms. The largest absolute Gasteiger partial charge is 0.479 e. The molecule has 2 bridgehead atoms. The van der Waals surface area contributed by atoms with E-state index in [-0.39, 0.29) is 0 Å². The monoisotopic (exact) mass is 255 g/mol. The summed E-state index contributed by atoms with van der Waals surface area (Å²) in [5.41, 5.74) is 0. The van der Waals surface area contributed by atoms with Crippen LogP contribution >= 0.6 is 0 Å². The number of fused-ring (bicyclic) bond motifs is 2. The number of aliphatic carboxylic acids is 1. The summed E-state index contributed by atoms with van der Waals surface area (Å²) in [5.74, 6) is 1.78. The zero-order valence-electron chi connectivity index (χ0n) is 11.5. The molecule has 2 aliphatic rings. The molecule has 1 N–H and O–H groups in total. The Morgan fingerprint density at radius 1 is 1.44 bits per heavy atom. The van der Waals surface area contributed by atoms with Gasteiger partial charge < -0.3 is 14.7 Å². The van der Waals surface area contributed by atoms with Crippen molar-refractivity contribution in [2.45, 2.75) is 38.7 Å². The standard InChI is InChI=1S/C14H25NO3/c1-3-18-13(14(16)17)9-15(2)8-12-7-10-4-5-11(12)6-10/h10-13H,3-9H2,1-2H3,(H,16,17). The normalized spacial score (nSPS) is 32.1. The van der Waals surface area contributed by atoms with Gasteiger partial charge in [-0.25, -0.2) is 4.79 Å². The molecule has 0 aromatic heterocycles. The predicted molar refractivity (Wildman–Crippen MR) is 69.5 cm³/mol. The number of likely N-dealkylation sites (N-methyl/N-ethyl adjacent to an activating group) is 1. The van der Waals surface area contributed by atoms with Crippen molar-refractivity contribution in [1.82, 2.24) is 4.90 Å². The fraction of sp³-hybridized carbons (Fsp3) is 0.929. The van der Waals surface area contributed by atoms with Crippen molar-refractivity contribution < 1.29 is 14.6 Å². The van der Waals surface area contributed by atoms with Crippen LogP contribution in [0.2, 0.25) is 0 Å². The molecule has 0 aliphatic heterocycles. The molecule has 2 aliphatic carbocycles. The van der Waals surface area contributed by atoms with E-state index in [4.69, 9.17) is 9.84 Å². The van der Waals surface area contributed by atoms with Gasteiger partial charge in [-0.2, -0.15) is 0 Å². The second kappa shape index (κ2) is 6.02. The third kappa shape index (κ3) is 3.23. The minimum atomic E-state index is -0.850. The van der Waals surface area contributed by atoms with Crippen LogP contribution in [-0.2, 0) is 9.53 Å². The number of carboxylic acids is 1. The highest BCUT2D eigenvalue weighted by atomic mass is 16.5. The summed E-state index contributed by atoms with van der Waals surface area (Å²) < 4.78 is 5.26. The average molecular weight is 255 g/mol. The molecule has 0 aromatic rings. The van der Waals surface area contributed by atoms with Crippen molar-refractivity contribution in [3.8, 4) is 0 Å². The maximum absolute atomic E-state index is 11.0. The van der Waals surface area contributed by atoms with Gasteiger partial charge in [0, 0.05) is 19.7 Å². The van der Waals surface area contributed by atoms with Crippen LogP contribution in [0.1, 0.15) is 32.6 Å². The zero-order chi connectivity index (χ0) is 13.1. The predicted octanol–water partition coefficient (Wildman–Crippen LogP) is 1.84. The zero-order valence-corrected chi connectivity index (χ0v) is 11.5. The van der Waals surface area contributed by atoms with Crippen LogP contribution in [0.15, 0.2) is 0 Å². The van der Waals surface area contributed by atoms with Gasteiger partial charge in [0.25, 0.3) is 0 Å². The van der Waals surface area contributed by atoms with Gasteiger partial charge in [0.1, 0.15) is 0 Å². The molecule has 2 rings (SSSR count). The first-order valence-electron chi connectivity index (χ1n) is 7.13. The lowest BCUT2D eigenvalue weighted by Crippen LogP contribution is -2.39. The molecule has 0 radical (unpaired) electrons. The average Bonchev–Trinajstić information content (AvgIpc) is 2.90. The summed E-state index contributed by atoms with van der Waals surface area (Å²) in [6.07, 6.45) is 4.88. The van der Waals surface area contributed by atoms with Gasteiger partial charge in [0.2, 0.25) is 0 Å². The maximum Gasteiger partial charge on any atom is 0.334 e. The number of hydrogen-bond acceptors (Lipinski definition) is 3. The van der Waals surface area contributed by atoms with Crippen molar-refractivity contribution in [2.24, 2.45) is 17.8 Å². The summed E-state index contributed by atoms with van der Waals surface area (Å²) in [5, 5.41) is 9.07. The minimum absolute atomic E-state index is 0.457. The molecule has 0 saturated heterocycles. The lowest BCUT2D eigenvalue weighted by Gasteiger charge is -2.28. The Balaban J connectivity index is 1.77. The number of hydrogen-bond donors (Lipinski definition) is 1. The second-order valence-electron chi connectivity index (χ2n) is 5.94. The SMILES string of the molecule is CCOC(CN(C)CC1CC2CCC1C2)C(=O)O. The van der Waals surface area contributed by atoms with Gasteiger partial charge in [0.15, 0.2) is 6.10 Å². The van der Waals surface area contributed by atoms with E-state index in [0.717, 1.165) is 24.3 Å². The van der Waals surface area contributed by atoms with Crippen molar-refractivity contribution in [3.63, 3.8) is 0 Å². The highest BCUT2D eigenvalue weighted by Crippen LogP contribution is 2.48. The number of rotatable bonds is 7. The molecule has 0 heterocycles. The smallest absolute Gasteiger partial charge is 0.334 e. The Bertz CT molecular complexity index is 295. The summed E-state index contributed by atoms with van der Waals surface area (Å²) in [6.45, 7) is 3.82. The third-order valence-corrected chi connectivity index (χ3v) is 4.55. The highest BCUT2D eigenvalue weighted by molar-refractivity contribution is 5.72. The second-order valence-corrected chi connectivity index (χ2v) is 5.94. The van der Waals surface area contributed by atoms with Crippen molar-refractivity contribution in [1.29, 1.82) is 0 Å². The quantitative estimate of drug-likeness (QED) is 0.754. The summed E-state index contributed by atoms with van der Waals surface area (Å²) in [7, 11) is 2.01. The lowest BCUT2D eigenvalue weighted by atomic mass is 9.88. The van der Waals surface area contributed by atoms with Crippen LogP contribution in [0.3, 0.4) is 0 Å². The summed E-state index contributed by atoms with van der Waals surface area (Å²) in [4.78, 5) is 13.2. The fourth-order valence-electron chi connectivity index (χ4n) is 3.76. The number of ether oxygens (including phenoxy) is 1. The van der Waals surface area contributed by atoms with Gasteiger partial charge in [-0.3, -0.25) is 0 Å². The fourth-order valence-corrected chi connectivity index (χ4v) is 3.76. The Hall–Kier alpha value is -0.610. The third-order valence-electron chi connectivity index (χ3n) is 4.55. The van der Waals surface area contributed by atoms with E-state index in [9.17, 15) is 4.79 Å².